The molecule has 4 heteroatoms. The van der Waals surface area contributed by atoms with E-state index < -0.39 is 5.60 Å². The number of benzene rings is 1. The molecule has 1 amide bonds. The van der Waals surface area contributed by atoms with Gasteiger partial charge in [0.2, 0.25) is 0 Å². The fraction of sp³-hybridized carbons (Fsp3) is 0.650. The average molecular weight is 335 g/mol. The van der Waals surface area contributed by atoms with E-state index in [1.807, 2.05) is 32.0 Å². The first-order valence-corrected chi connectivity index (χ1v) is 9.15. The first-order chi connectivity index (χ1) is 11.5. The van der Waals surface area contributed by atoms with Gasteiger partial charge in [0.05, 0.1) is 6.61 Å². The van der Waals surface area contributed by atoms with Crippen molar-refractivity contribution < 1.29 is 14.3 Å². The fourth-order valence-corrected chi connectivity index (χ4v) is 2.46. The van der Waals surface area contributed by atoms with Gasteiger partial charge in [0.15, 0.2) is 0 Å². The van der Waals surface area contributed by atoms with Crippen LogP contribution in [-0.4, -0.2) is 24.7 Å². The Morgan fingerprint density at radius 3 is 2.42 bits per heavy atom. The minimum Gasteiger partial charge on any atom is -0.493 e. The molecule has 0 spiro atoms. The molecule has 0 aromatic heterocycles. The second-order valence-electron chi connectivity index (χ2n) is 6.47. The van der Waals surface area contributed by atoms with Gasteiger partial charge in [-0.1, -0.05) is 33.6 Å². The maximum absolute atomic E-state index is 12.7. The molecule has 0 aliphatic heterocycles. The lowest BCUT2D eigenvalue weighted by Gasteiger charge is -2.28. The van der Waals surface area contributed by atoms with E-state index in [0.29, 0.717) is 13.2 Å². The fourth-order valence-electron chi connectivity index (χ4n) is 2.46. The molecule has 0 fully saturated rings. The van der Waals surface area contributed by atoms with E-state index in [1.54, 1.807) is 0 Å². The van der Waals surface area contributed by atoms with E-state index >= 15 is 0 Å². The maximum Gasteiger partial charge on any atom is 0.256 e. The number of hydrogen-bond acceptors (Lipinski definition) is 3. The van der Waals surface area contributed by atoms with Crippen LogP contribution in [0.5, 0.6) is 5.75 Å². The minimum atomic E-state index is -0.780. The first-order valence-electron chi connectivity index (χ1n) is 9.15. The van der Waals surface area contributed by atoms with Crippen LogP contribution in [-0.2, 0) is 9.53 Å². The Balaban J connectivity index is 2.80. The lowest BCUT2D eigenvalue weighted by molar-refractivity contribution is -0.140. The number of hydrogen-bond donors (Lipinski definition) is 1. The molecule has 0 bridgehead atoms. The standard InChI is InChI=1S/C20H33NO3/c1-6-9-12-20(5,24-14-8-3)19(22)21-17-10-11-18(16(4)15-17)23-13-7-2/h10-11,15H,6-9,12-14H2,1-5H3,(H,21,22)/t20-/m1/s1. The van der Waals surface area contributed by atoms with Crippen LogP contribution in [0.2, 0.25) is 0 Å². The number of rotatable bonds is 11. The Bertz CT molecular complexity index is 506. The predicted molar refractivity (Wildman–Crippen MR) is 99.8 cm³/mol. The zero-order chi connectivity index (χ0) is 18.0. The molecular formula is C20H33NO3. The zero-order valence-electron chi connectivity index (χ0n) is 15.9. The summed E-state index contributed by atoms with van der Waals surface area (Å²) >= 11 is 0. The van der Waals surface area contributed by atoms with E-state index in [-0.39, 0.29) is 5.91 Å². The topological polar surface area (TPSA) is 47.6 Å². The summed E-state index contributed by atoms with van der Waals surface area (Å²) in [5.41, 5.74) is 1.02. The maximum atomic E-state index is 12.7. The summed E-state index contributed by atoms with van der Waals surface area (Å²) in [6.07, 6.45) is 4.61. The van der Waals surface area contributed by atoms with Crippen LogP contribution < -0.4 is 10.1 Å². The Morgan fingerprint density at radius 1 is 1.12 bits per heavy atom. The summed E-state index contributed by atoms with van der Waals surface area (Å²) in [4.78, 5) is 12.7. The SMILES string of the molecule is CCCC[C@@](C)(OCCC)C(=O)Nc1ccc(OCCC)c(C)c1. The largest absolute Gasteiger partial charge is 0.493 e. The van der Waals surface area contributed by atoms with Crippen molar-refractivity contribution in [1.82, 2.24) is 0 Å². The summed E-state index contributed by atoms with van der Waals surface area (Å²) in [6.45, 7) is 11.4. The number of unbranched alkanes of at least 4 members (excludes halogenated alkanes) is 1. The summed E-state index contributed by atoms with van der Waals surface area (Å²) < 4.78 is 11.6. The van der Waals surface area contributed by atoms with Gasteiger partial charge in [0, 0.05) is 12.3 Å². The van der Waals surface area contributed by atoms with E-state index in [1.165, 1.54) is 0 Å². The average Bonchev–Trinajstić information content (AvgIpc) is 2.57. The molecule has 1 rings (SSSR count). The molecule has 1 atom stereocenters. The summed E-state index contributed by atoms with van der Waals surface area (Å²) in [6, 6.07) is 5.75. The predicted octanol–water partition coefficient (Wildman–Crippen LogP) is 5.10. The number of carbonyl (C=O) groups is 1. The van der Waals surface area contributed by atoms with Crippen LogP contribution in [0.3, 0.4) is 0 Å². The van der Waals surface area contributed by atoms with Crippen molar-refractivity contribution in [3.05, 3.63) is 23.8 Å². The van der Waals surface area contributed by atoms with Crippen LogP contribution in [0.25, 0.3) is 0 Å². The Labute approximate surface area is 146 Å². The number of aryl methyl sites for hydroxylation is 1. The molecular weight excluding hydrogens is 302 g/mol. The van der Waals surface area contributed by atoms with Crippen molar-refractivity contribution in [2.24, 2.45) is 0 Å². The third kappa shape index (κ3) is 6.16. The van der Waals surface area contributed by atoms with Crippen molar-refractivity contribution in [2.45, 2.75) is 72.3 Å². The van der Waals surface area contributed by atoms with Crippen molar-refractivity contribution in [2.75, 3.05) is 18.5 Å². The molecule has 1 aromatic carbocycles. The molecule has 1 aromatic rings. The van der Waals surface area contributed by atoms with Crippen molar-refractivity contribution in [1.29, 1.82) is 0 Å². The van der Waals surface area contributed by atoms with Gasteiger partial charge in [-0.3, -0.25) is 4.79 Å². The Hall–Kier alpha value is -1.55. The molecule has 0 aliphatic rings. The molecule has 0 saturated heterocycles. The highest BCUT2D eigenvalue weighted by atomic mass is 16.5. The third-order valence-corrected chi connectivity index (χ3v) is 4.01. The molecule has 24 heavy (non-hydrogen) atoms. The van der Waals surface area contributed by atoms with Crippen LogP contribution in [0.15, 0.2) is 18.2 Å². The second-order valence-corrected chi connectivity index (χ2v) is 6.47. The monoisotopic (exact) mass is 335 g/mol. The van der Waals surface area contributed by atoms with Crippen LogP contribution >= 0.6 is 0 Å². The van der Waals surface area contributed by atoms with Crippen molar-refractivity contribution >= 4 is 11.6 Å². The number of amides is 1. The Kier molecular flexibility index (Phi) is 8.83. The summed E-state index contributed by atoms with van der Waals surface area (Å²) in [5.74, 6) is 0.789. The third-order valence-electron chi connectivity index (χ3n) is 4.01. The van der Waals surface area contributed by atoms with Gasteiger partial charge in [0.1, 0.15) is 11.4 Å². The lowest BCUT2D eigenvalue weighted by Crippen LogP contribution is -2.43. The molecule has 0 unspecified atom stereocenters. The molecule has 0 heterocycles. The van der Waals surface area contributed by atoms with Gasteiger partial charge in [-0.05, 0) is 56.9 Å². The number of ether oxygens (including phenoxy) is 2. The molecule has 0 aliphatic carbocycles. The van der Waals surface area contributed by atoms with Gasteiger partial charge in [-0.2, -0.15) is 0 Å². The number of anilines is 1. The van der Waals surface area contributed by atoms with E-state index in [4.69, 9.17) is 9.47 Å². The quantitative estimate of drug-likeness (QED) is 0.612. The molecule has 0 radical (unpaired) electrons. The van der Waals surface area contributed by atoms with Crippen LogP contribution in [0.4, 0.5) is 5.69 Å². The normalized spacial score (nSPS) is 13.4. The van der Waals surface area contributed by atoms with Crippen LogP contribution in [0.1, 0.15) is 65.4 Å². The van der Waals surface area contributed by atoms with Gasteiger partial charge >= 0.3 is 0 Å². The highest BCUT2D eigenvalue weighted by Crippen LogP contribution is 2.25. The molecule has 1 N–H and O–H groups in total. The van der Waals surface area contributed by atoms with E-state index in [9.17, 15) is 4.79 Å². The number of carbonyl (C=O) groups excluding carboxylic acids is 1. The first kappa shape index (κ1) is 20.5. The van der Waals surface area contributed by atoms with Crippen molar-refractivity contribution in [3.8, 4) is 5.75 Å². The highest BCUT2D eigenvalue weighted by molar-refractivity contribution is 5.97. The minimum absolute atomic E-state index is 0.0778. The van der Waals surface area contributed by atoms with E-state index in [2.05, 4.69) is 26.1 Å². The Morgan fingerprint density at radius 2 is 1.83 bits per heavy atom. The molecule has 4 nitrogen and oxygen atoms in total. The number of nitrogens with one attached hydrogen (secondary N) is 1. The zero-order valence-corrected chi connectivity index (χ0v) is 15.9. The smallest absolute Gasteiger partial charge is 0.256 e. The summed E-state index contributed by atoms with van der Waals surface area (Å²) in [5, 5.41) is 3.00. The van der Waals surface area contributed by atoms with Gasteiger partial charge in [-0.15, -0.1) is 0 Å². The lowest BCUT2D eigenvalue weighted by atomic mass is 9.97. The van der Waals surface area contributed by atoms with Crippen molar-refractivity contribution in [3.63, 3.8) is 0 Å². The van der Waals surface area contributed by atoms with Gasteiger partial charge in [0.25, 0.3) is 5.91 Å². The van der Waals surface area contributed by atoms with Gasteiger partial charge < -0.3 is 14.8 Å². The second kappa shape index (κ2) is 10.3. The van der Waals surface area contributed by atoms with Gasteiger partial charge in [-0.25, -0.2) is 0 Å². The van der Waals surface area contributed by atoms with Crippen LogP contribution in [0, 0.1) is 6.92 Å². The summed E-state index contributed by atoms with van der Waals surface area (Å²) in [7, 11) is 0. The molecule has 0 saturated carbocycles. The highest BCUT2D eigenvalue weighted by Gasteiger charge is 2.33. The molecule has 136 valence electrons. The van der Waals surface area contributed by atoms with E-state index in [0.717, 1.165) is 49.1 Å².